The fraction of sp³-hybridized carbons (Fsp3) is 0.769. The maximum absolute atomic E-state index is 12.7. The number of piperazine rings is 1. The minimum atomic E-state index is -4.31. The molecule has 10 heteroatoms. The highest BCUT2D eigenvalue weighted by molar-refractivity contribution is 7.89. The van der Waals surface area contributed by atoms with Gasteiger partial charge >= 0.3 is 6.18 Å². The van der Waals surface area contributed by atoms with Crippen LogP contribution >= 0.6 is 0 Å². The van der Waals surface area contributed by atoms with Gasteiger partial charge in [-0.2, -0.15) is 17.5 Å². The minimum absolute atomic E-state index is 0.0251. The highest BCUT2D eigenvalue weighted by atomic mass is 32.2. The summed E-state index contributed by atoms with van der Waals surface area (Å²) in [7, 11) is -3.77. The zero-order chi connectivity index (χ0) is 17.4. The quantitative estimate of drug-likeness (QED) is 0.826. The molecule has 2 heterocycles. The van der Waals surface area contributed by atoms with Crippen molar-refractivity contribution in [3.63, 3.8) is 0 Å². The molecule has 0 bridgehead atoms. The molecule has 6 nitrogen and oxygen atoms in total. The van der Waals surface area contributed by atoms with Crippen molar-refractivity contribution in [2.24, 2.45) is 0 Å². The van der Waals surface area contributed by atoms with Crippen molar-refractivity contribution in [3.05, 3.63) is 12.5 Å². The van der Waals surface area contributed by atoms with Crippen LogP contribution in [-0.4, -0.2) is 65.6 Å². The van der Waals surface area contributed by atoms with Gasteiger partial charge < -0.3 is 4.57 Å². The number of hydrogen-bond donors (Lipinski definition) is 0. The predicted molar refractivity (Wildman–Crippen MR) is 78.5 cm³/mol. The second kappa shape index (κ2) is 6.40. The lowest BCUT2D eigenvalue weighted by Gasteiger charge is -2.37. The number of alkyl halides is 3. The van der Waals surface area contributed by atoms with Crippen molar-refractivity contribution < 1.29 is 21.6 Å². The Bertz CT molecular complexity index is 634. The van der Waals surface area contributed by atoms with Gasteiger partial charge in [0.05, 0.1) is 6.33 Å². The Hall–Kier alpha value is -1.13. The number of nitrogens with zero attached hydrogens (tertiary/aromatic N) is 4. The van der Waals surface area contributed by atoms with Crippen LogP contribution in [0, 0.1) is 0 Å². The SMILES string of the molecule is CC(C)n1cnc(S(=O)(=O)N2CCN([C@@H](C)C(F)(F)F)CC2)c1. The van der Waals surface area contributed by atoms with Gasteiger partial charge in [0.2, 0.25) is 0 Å². The Labute approximate surface area is 133 Å². The zero-order valence-electron chi connectivity index (χ0n) is 13.3. The summed E-state index contributed by atoms with van der Waals surface area (Å²) in [6, 6.07) is -1.50. The number of rotatable bonds is 4. The Morgan fingerprint density at radius 2 is 1.70 bits per heavy atom. The molecule has 23 heavy (non-hydrogen) atoms. The van der Waals surface area contributed by atoms with E-state index >= 15 is 0 Å². The first kappa shape index (κ1) is 18.2. The van der Waals surface area contributed by atoms with Crippen LogP contribution in [0.1, 0.15) is 26.8 Å². The second-order valence-corrected chi connectivity index (χ2v) is 7.80. The van der Waals surface area contributed by atoms with Crippen LogP contribution in [0.15, 0.2) is 17.6 Å². The van der Waals surface area contributed by atoms with Crippen molar-refractivity contribution in [1.29, 1.82) is 0 Å². The summed E-state index contributed by atoms with van der Waals surface area (Å²) >= 11 is 0. The number of halogens is 3. The molecule has 0 aliphatic carbocycles. The maximum Gasteiger partial charge on any atom is 0.403 e. The number of hydrogen-bond acceptors (Lipinski definition) is 4. The van der Waals surface area contributed by atoms with Gasteiger partial charge in [0.1, 0.15) is 6.04 Å². The summed E-state index contributed by atoms with van der Waals surface area (Å²) in [6.45, 7) is 5.03. The van der Waals surface area contributed by atoms with Gasteiger partial charge in [0, 0.05) is 38.4 Å². The van der Waals surface area contributed by atoms with Gasteiger partial charge in [0.15, 0.2) is 5.03 Å². The Balaban J connectivity index is 2.06. The molecule has 0 spiro atoms. The Kier molecular flexibility index (Phi) is 5.07. The first-order chi connectivity index (χ1) is 10.5. The summed E-state index contributed by atoms with van der Waals surface area (Å²) in [5, 5.41) is -0.0662. The van der Waals surface area contributed by atoms with Gasteiger partial charge in [-0.05, 0) is 20.8 Å². The largest absolute Gasteiger partial charge is 0.403 e. The third kappa shape index (κ3) is 3.86. The molecule has 0 N–H and O–H groups in total. The molecule has 1 fully saturated rings. The molecule has 0 amide bonds. The van der Waals surface area contributed by atoms with E-state index in [0.717, 1.165) is 6.92 Å². The highest BCUT2D eigenvalue weighted by Gasteiger charge is 2.42. The zero-order valence-corrected chi connectivity index (χ0v) is 14.1. The lowest BCUT2D eigenvalue weighted by molar-refractivity contribution is -0.181. The van der Waals surface area contributed by atoms with E-state index in [0.29, 0.717) is 0 Å². The average Bonchev–Trinajstić information content (AvgIpc) is 2.96. The molecule has 132 valence electrons. The average molecular weight is 354 g/mol. The van der Waals surface area contributed by atoms with Crippen LogP contribution in [0.5, 0.6) is 0 Å². The van der Waals surface area contributed by atoms with Crippen LogP contribution in [0.25, 0.3) is 0 Å². The lowest BCUT2D eigenvalue weighted by Crippen LogP contribution is -2.54. The minimum Gasteiger partial charge on any atom is -0.334 e. The summed E-state index contributed by atoms with van der Waals surface area (Å²) in [5.41, 5.74) is 0. The molecule has 0 aromatic carbocycles. The van der Waals surface area contributed by atoms with E-state index in [-0.39, 0.29) is 37.2 Å². The van der Waals surface area contributed by atoms with Crippen LogP contribution < -0.4 is 0 Å². The molecule has 0 saturated carbocycles. The third-order valence-corrected chi connectivity index (χ3v) is 5.86. The molecule has 1 atom stereocenters. The first-order valence-corrected chi connectivity index (χ1v) is 8.82. The van der Waals surface area contributed by atoms with Crippen molar-refractivity contribution in [2.75, 3.05) is 26.2 Å². The first-order valence-electron chi connectivity index (χ1n) is 7.38. The molecule has 0 radical (unpaired) electrons. The van der Waals surface area contributed by atoms with Crippen molar-refractivity contribution in [3.8, 4) is 0 Å². The van der Waals surface area contributed by atoms with E-state index in [1.807, 2.05) is 13.8 Å². The molecule has 1 aromatic rings. The van der Waals surface area contributed by atoms with E-state index in [9.17, 15) is 21.6 Å². The van der Waals surface area contributed by atoms with Gasteiger partial charge in [0.25, 0.3) is 10.0 Å². The molecular formula is C13H21F3N4O2S. The van der Waals surface area contributed by atoms with Gasteiger partial charge in [-0.25, -0.2) is 13.4 Å². The van der Waals surface area contributed by atoms with Crippen molar-refractivity contribution in [1.82, 2.24) is 18.8 Å². The molecule has 1 aliphatic heterocycles. The van der Waals surface area contributed by atoms with Crippen molar-refractivity contribution in [2.45, 2.75) is 44.1 Å². The summed E-state index contributed by atoms with van der Waals surface area (Å²) < 4.78 is 66.0. The van der Waals surface area contributed by atoms with Crippen LogP contribution in [-0.2, 0) is 10.0 Å². The fourth-order valence-corrected chi connectivity index (χ4v) is 3.75. The normalized spacial score (nSPS) is 20.1. The Morgan fingerprint density at radius 3 is 2.13 bits per heavy atom. The lowest BCUT2D eigenvalue weighted by atomic mass is 10.2. The van der Waals surface area contributed by atoms with Crippen LogP contribution in [0.4, 0.5) is 13.2 Å². The molecule has 0 unspecified atom stereocenters. The highest BCUT2D eigenvalue weighted by Crippen LogP contribution is 2.26. The monoisotopic (exact) mass is 354 g/mol. The van der Waals surface area contributed by atoms with Gasteiger partial charge in [-0.1, -0.05) is 0 Å². The third-order valence-electron chi connectivity index (χ3n) is 4.07. The van der Waals surface area contributed by atoms with Gasteiger partial charge in [-0.15, -0.1) is 0 Å². The standard InChI is InChI=1S/C13H21F3N4O2S/c1-10(2)19-8-12(17-9-19)23(21,22)20-6-4-18(5-7-20)11(3)13(14,15)16/h8-11H,4-7H2,1-3H3/t11-/m0/s1. The fourth-order valence-electron chi connectivity index (χ4n) is 2.40. The van der Waals surface area contributed by atoms with E-state index < -0.39 is 22.2 Å². The second-order valence-electron chi connectivity index (χ2n) is 5.91. The predicted octanol–water partition coefficient (Wildman–Crippen LogP) is 1.72. The van der Waals surface area contributed by atoms with Crippen LogP contribution in [0.3, 0.4) is 0 Å². The number of aromatic nitrogens is 2. The van der Waals surface area contributed by atoms with E-state index in [1.54, 1.807) is 4.57 Å². The smallest absolute Gasteiger partial charge is 0.334 e. The molecule has 1 aromatic heterocycles. The molecule has 2 rings (SSSR count). The maximum atomic E-state index is 12.7. The van der Waals surface area contributed by atoms with E-state index in [1.165, 1.54) is 21.7 Å². The molecular weight excluding hydrogens is 333 g/mol. The van der Waals surface area contributed by atoms with Crippen LogP contribution in [0.2, 0.25) is 0 Å². The van der Waals surface area contributed by atoms with Gasteiger partial charge in [-0.3, -0.25) is 4.90 Å². The topological polar surface area (TPSA) is 58.4 Å². The Morgan fingerprint density at radius 1 is 1.13 bits per heavy atom. The van der Waals surface area contributed by atoms with Crippen molar-refractivity contribution >= 4 is 10.0 Å². The number of sulfonamides is 1. The summed E-state index contributed by atoms with van der Waals surface area (Å²) in [5.74, 6) is 0. The molecule has 1 saturated heterocycles. The molecule has 1 aliphatic rings. The summed E-state index contributed by atoms with van der Waals surface area (Å²) in [4.78, 5) is 5.17. The van der Waals surface area contributed by atoms with E-state index in [2.05, 4.69) is 4.98 Å². The number of imidazole rings is 1. The summed E-state index contributed by atoms with van der Waals surface area (Å²) in [6.07, 6.45) is -1.42. The van der Waals surface area contributed by atoms with E-state index in [4.69, 9.17) is 0 Å².